The van der Waals surface area contributed by atoms with Crippen LogP contribution in [0.3, 0.4) is 0 Å². The van der Waals surface area contributed by atoms with E-state index < -0.39 is 10.0 Å². The molecule has 0 N–H and O–H groups in total. The smallest absolute Gasteiger partial charge is 0.308 e. The van der Waals surface area contributed by atoms with Crippen LogP contribution in [0, 0.1) is 0 Å². The molecule has 1 aromatic heterocycles. The minimum Gasteiger partial charge on any atom is -0.454 e. The number of piperazine rings is 1. The van der Waals surface area contributed by atoms with Crippen LogP contribution in [0.2, 0.25) is 0 Å². The molecule has 0 saturated carbocycles. The lowest BCUT2D eigenvalue weighted by Crippen LogP contribution is -2.48. The summed E-state index contributed by atoms with van der Waals surface area (Å²) in [6.07, 6.45) is 0. The normalized spacial score (nSPS) is 17.5. The Bertz CT molecular complexity index is 1290. The summed E-state index contributed by atoms with van der Waals surface area (Å²) in [5.74, 6) is 1.52. The molecule has 0 radical (unpaired) electrons. The molecule has 0 bridgehead atoms. The first-order valence-corrected chi connectivity index (χ1v) is 12.5. The van der Waals surface area contributed by atoms with E-state index >= 15 is 0 Å². The Morgan fingerprint density at radius 2 is 1.77 bits per heavy atom. The van der Waals surface area contributed by atoms with Crippen molar-refractivity contribution in [1.29, 1.82) is 0 Å². The third-order valence-electron chi connectivity index (χ3n) is 5.77. The maximum absolute atomic E-state index is 13.2. The van der Waals surface area contributed by atoms with Crippen LogP contribution in [-0.4, -0.2) is 55.2 Å². The summed E-state index contributed by atoms with van der Waals surface area (Å²) < 4.78 is 41.0. The van der Waals surface area contributed by atoms with E-state index in [4.69, 9.17) is 9.47 Å². The SMILES string of the molecule is CCn1c(=O)sc2cc(S(=O)(=O)N3CCN(Cc4ccc5c(c4)OCO5)CC3)ccc21. The molecule has 164 valence electrons. The molecule has 1 fully saturated rings. The van der Waals surface area contributed by atoms with Gasteiger partial charge in [0.1, 0.15) is 0 Å². The summed E-state index contributed by atoms with van der Waals surface area (Å²) in [5, 5.41) is 0. The van der Waals surface area contributed by atoms with Crippen molar-refractivity contribution in [3.63, 3.8) is 0 Å². The fourth-order valence-electron chi connectivity index (χ4n) is 4.08. The topological polar surface area (TPSA) is 81.1 Å². The molecule has 0 amide bonds. The van der Waals surface area contributed by atoms with Gasteiger partial charge in [-0.25, -0.2) is 8.42 Å². The summed E-state index contributed by atoms with van der Waals surface area (Å²) in [6.45, 7) is 5.60. The minimum atomic E-state index is -3.60. The Morgan fingerprint density at radius 3 is 2.55 bits per heavy atom. The first-order valence-electron chi connectivity index (χ1n) is 10.2. The Hall–Kier alpha value is -2.40. The van der Waals surface area contributed by atoms with Gasteiger partial charge in [0.15, 0.2) is 11.5 Å². The Balaban J connectivity index is 1.28. The number of benzene rings is 2. The second kappa shape index (κ2) is 7.94. The number of thiazole rings is 1. The van der Waals surface area contributed by atoms with Gasteiger partial charge < -0.3 is 9.47 Å². The lowest BCUT2D eigenvalue weighted by atomic mass is 10.2. The van der Waals surface area contributed by atoms with Gasteiger partial charge in [-0.15, -0.1) is 0 Å². The molecule has 0 spiro atoms. The van der Waals surface area contributed by atoms with Crippen molar-refractivity contribution in [3.8, 4) is 11.5 Å². The molecule has 3 aromatic rings. The van der Waals surface area contributed by atoms with Crippen molar-refractivity contribution in [1.82, 2.24) is 13.8 Å². The number of rotatable bonds is 5. The van der Waals surface area contributed by atoms with E-state index in [1.807, 2.05) is 25.1 Å². The molecule has 0 atom stereocenters. The zero-order chi connectivity index (χ0) is 21.6. The van der Waals surface area contributed by atoms with Crippen LogP contribution in [0.4, 0.5) is 0 Å². The maximum Gasteiger partial charge on any atom is 0.308 e. The van der Waals surface area contributed by atoms with E-state index in [1.54, 1.807) is 22.8 Å². The van der Waals surface area contributed by atoms with Gasteiger partial charge in [0, 0.05) is 39.3 Å². The summed E-state index contributed by atoms with van der Waals surface area (Å²) in [7, 11) is -3.60. The third kappa shape index (κ3) is 3.73. The van der Waals surface area contributed by atoms with Crippen LogP contribution in [-0.2, 0) is 23.1 Å². The number of ether oxygens (including phenoxy) is 2. The highest BCUT2D eigenvalue weighted by Crippen LogP contribution is 2.33. The Labute approximate surface area is 184 Å². The summed E-state index contributed by atoms with van der Waals surface area (Å²) >= 11 is 1.09. The van der Waals surface area contributed by atoms with E-state index in [0.717, 1.165) is 40.5 Å². The average molecular weight is 462 g/mol. The number of sulfonamides is 1. The van der Waals surface area contributed by atoms with Gasteiger partial charge in [-0.05, 0) is 42.8 Å². The molecule has 2 aromatic carbocycles. The third-order valence-corrected chi connectivity index (χ3v) is 8.60. The van der Waals surface area contributed by atoms with E-state index in [1.165, 1.54) is 4.31 Å². The highest BCUT2D eigenvalue weighted by molar-refractivity contribution is 7.89. The number of hydrogen-bond acceptors (Lipinski definition) is 7. The lowest BCUT2D eigenvalue weighted by Gasteiger charge is -2.34. The maximum atomic E-state index is 13.2. The van der Waals surface area contributed by atoms with E-state index in [-0.39, 0.29) is 16.6 Å². The van der Waals surface area contributed by atoms with Gasteiger partial charge >= 0.3 is 4.87 Å². The van der Waals surface area contributed by atoms with Crippen LogP contribution in [0.15, 0.2) is 46.1 Å². The summed E-state index contributed by atoms with van der Waals surface area (Å²) in [5.41, 5.74) is 1.89. The lowest BCUT2D eigenvalue weighted by molar-refractivity contribution is 0.173. The van der Waals surface area contributed by atoms with Crippen molar-refractivity contribution >= 4 is 31.6 Å². The molecule has 1 saturated heterocycles. The minimum absolute atomic E-state index is 0.0656. The molecule has 8 nitrogen and oxygen atoms in total. The number of nitrogens with zero attached hydrogens (tertiary/aromatic N) is 3. The molecule has 2 aliphatic rings. The number of fused-ring (bicyclic) bond motifs is 2. The first-order chi connectivity index (χ1) is 15.0. The van der Waals surface area contributed by atoms with Crippen molar-refractivity contribution in [2.75, 3.05) is 33.0 Å². The van der Waals surface area contributed by atoms with Crippen molar-refractivity contribution < 1.29 is 17.9 Å². The molecular formula is C21H23N3O5S2. The Morgan fingerprint density at radius 1 is 1.00 bits per heavy atom. The van der Waals surface area contributed by atoms with Crippen LogP contribution >= 0.6 is 11.3 Å². The van der Waals surface area contributed by atoms with E-state index in [2.05, 4.69) is 4.90 Å². The monoisotopic (exact) mass is 461 g/mol. The Kier molecular flexibility index (Phi) is 5.25. The molecule has 2 aliphatic heterocycles. The highest BCUT2D eigenvalue weighted by atomic mass is 32.2. The summed E-state index contributed by atoms with van der Waals surface area (Å²) in [4.78, 5) is 14.5. The van der Waals surface area contributed by atoms with Crippen molar-refractivity contribution in [2.45, 2.75) is 24.9 Å². The fraction of sp³-hybridized carbons (Fsp3) is 0.381. The van der Waals surface area contributed by atoms with Crippen LogP contribution < -0.4 is 14.3 Å². The van der Waals surface area contributed by atoms with Crippen LogP contribution in [0.1, 0.15) is 12.5 Å². The second-order valence-corrected chi connectivity index (χ2v) is 10.5. The molecule has 31 heavy (non-hydrogen) atoms. The first kappa shape index (κ1) is 20.5. The van der Waals surface area contributed by atoms with Crippen LogP contribution in [0.5, 0.6) is 11.5 Å². The number of aromatic nitrogens is 1. The van der Waals surface area contributed by atoms with Gasteiger partial charge in [-0.2, -0.15) is 4.31 Å². The predicted molar refractivity (Wildman–Crippen MR) is 118 cm³/mol. The number of hydrogen-bond donors (Lipinski definition) is 0. The standard InChI is InChI=1S/C21H23N3O5S2/c1-2-24-17-5-4-16(12-20(17)30-21(24)25)31(26,27)23-9-7-22(8-10-23)13-15-3-6-18-19(11-15)29-14-28-18/h3-6,11-12H,2,7-10,13-14H2,1H3. The van der Waals surface area contributed by atoms with Gasteiger partial charge in [0.2, 0.25) is 16.8 Å². The molecule has 10 heteroatoms. The van der Waals surface area contributed by atoms with Crippen molar-refractivity contribution in [2.24, 2.45) is 0 Å². The van der Waals surface area contributed by atoms with E-state index in [9.17, 15) is 13.2 Å². The highest BCUT2D eigenvalue weighted by Gasteiger charge is 2.29. The molecule has 5 rings (SSSR count). The largest absolute Gasteiger partial charge is 0.454 e. The van der Waals surface area contributed by atoms with E-state index in [0.29, 0.717) is 37.4 Å². The molecule has 3 heterocycles. The zero-order valence-electron chi connectivity index (χ0n) is 17.1. The van der Waals surface area contributed by atoms with Gasteiger partial charge in [-0.1, -0.05) is 17.4 Å². The average Bonchev–Trinajstić information content (AvgIpc) is 3.36. The van der Waals surface area contributed by atoms with Gasteiger partial charge in [-0.3, -0.25) is 14.3 Å². The fourth-order valence-corrected chi connectivity index (χ4v) is 6.60. The molecule has 0 aliphatic carbocycles. The van der Waals surface area contributed by atoms with Crippen LogP contribution in [0.25, 0.3) is 10.2 Å². The predicted octanol–water partition coefficient (Wildman–Crippen LogP) is 2.32. The number of aryl methyl sites for hydroxylation is 1. The van der Waals surface area contributed by atoms with Crippen molar-refractivity contribution in [3.05, 3.63) is 51.6 Å². The second-order valence-electron chi connectivity index (χ2n) is 7.61. The summed E-state index contributed by atoms with van der Waals surface area (Å²) in [6, 6.07) is 10.9. The zero-order valence-corrected chi connectivity index (χ0v) is 18.7. The van der Waals surface area contributed by atoms with Gasteiger partial charge in [0.05, 0.1) is 15.1 Å². The molecule has 0 unspecified atom stereocenters. The van der Waals surface area contributed by atoms with Gasteiger partial charge in [0.25, 0.3) is 0 Å². The molecular weight excluding hydrogens is 438 g/mol. The quantitative estimate of drug-likeness (QED) is 0.580.